The molecule has 1 rings (SSSR count). The molecule has 1 saturated carbocycles. The van der Waals surface area contributed by atoms with Crippen molar-refractivity contribution in [3.63, 3.8) is 0 Å². The summed E-state index contributed by atoms with van der Waals surface area (Å²) in [6.45, 7) is 8.05. The fourth-order valence-corrected chi connectivity index (χ4v) is 2.52. The highest BCUT2D eigenvalue weighted by atomic mass is 16.6. The maximum atomic E-state index is 11.8. The zero-order chi connectivity index (χ0) is 16.2. The zero-order valence-corrected chi connectivity index (χ0v) is 13.3. The third-order valence-corrected chi connectivity index (χ3v) is 3.06. The summed E-state index contributed by atoms with van der Waals surface area (Å²) in [4.78, 5) is 34.0. The van der Waals surface area contributed by atoms with Crippen LogP contribution in [0.2, 0.25) is 0 Å². The summed E-state index contributed by atoms with van der Waals surface area (Å²) in [5, 5.41) is 0. The van der Waals surface area contributed by atoms with Gasteiger partial charge in [0.1, 0.15) is 17.8 Å². The van der Waals surface area contributed by atoms with Gasteiger partial charge in [-0.2, -0.15) is 0 Å². The Kier molecular flexibility index (Phi) is 5.75. The minimum atomic E-state index is -0.528. The van der Waals surface area contributed by atoms with Crippen LogP contribution in [0.1, 0.15) is 53.9 Å². The van der Waals surface area contributed by atoms with Gasteiger partial charge in [0.25, 0.3) is 0 Å². The van der Waals surface area contributed by atoms with Crippen LogP contribution in [0.5, 0.6) is 0 Å². The molecule has 6 heteroatoms. The molecule has 0 aromatic heterocycles. The predicted molar refractivity (Wildman–Crippen MR) is 74.3 cm³/mol. The quantitative estimate of drug-likeness (QED) is 0.583. The van der Waals surface area contributed by atoms with E-state index in [1.807, 2.05) is 20.8 Å². The zero-order valence-electron chi connectivity index (χ0n) is 13.3. The van der Waals surface area contributed by atoms with E-state index in [0.717, 1.165) is 0 Å². The maximum absolute atomic E-state index is 11.8. The van der Waals surface area contributed by atoms with E-state index in [9.17, 15) is 14.4 Å². The van der Waals surface area contributed by atoms with Crippen molar-refractivity contribution in [2.24, 2.45) is 5.92 Å². The van der Waals surface area contributed by atoms with Gasteiger partial charge in [-0.15, -0.1) is 0 Å². The second-order valence-corrected chi connectivity index (χ2v) is 6.42. The predicted octanol–water partition coefficient (Wildman–Crippen LogP) is 1.99. The van der Waals surface area contributed by atoms with Crippen LogP contribution >= 0.6 is 0 Å². The lowest BCUT2D eigenvalue weighted by Crippen LogP contribution is -2.29. The van der Waals surface area contributed by atoms with Crippen molar-refractivity contribution in [2.45, 2.75) is 71.7 Å². The van der Waals surface area contributed by atoms with Gasteiger partial charge < -0.3 is 14.2 Å². The lowest BCUT2D eigenvalue weighted by atomic mass is 10.0. The largest absolute Gasteiger partial charge is 0.460 e. The van der Waals surface area contributed by atoms with E-state index in [1.54, 1.807) is 0 Å². The van der Waals surface area contributed by atoms with E-state index < -0.39 is 29.7 Å². The highest BCUT2D eigenvalue weighted by molar-refractivity contribution is 5.70. The molecule has 0 bridgehead atoms. The highest BCUT2D eigenvalue weighted by Crippen LogP contribution is 2.33. The first kappa shape index (κ1) is 17.5. The topological polar surface area (TPSA) is 78.9 Å². The normalized spacial score (nSPS) is 25.3. The second-order valence-electron chi connectivity index (χ2n) is 6.42. The van der Waals surface area contributed by atoms with Gasteiger partial charge in [-0.3, -0.25) is 14.4 Å². The van der Waals surface area contributed by atoms with E-state index in [0.29, 0.717) is 12.8 Å². The summed E-state index contributed by atoms with van der Waals surface area (Å²) >= 11 is 0. The molecule has 21 heavy (non-hydrogen) atoms. The summed E-state index contributed by atoms with van der Waals surface area (Å²) in [6, 6.07) is 0. The van der Waals surface area contributed by atoms with Gasteiger partial charge in [0.15, 0.2) is 0 Å². The Balaban J connectivity index is 2.59. The molecule has 0 spiro atoms. The van der Waals surface area contributed by atoms with Crippen molar-refractivity contribution in [1.82, 2.24) is 0 Å². The number of carbonyl (C=O) groups excluding carboxylic acids is 3. The summed E-state index contributed by atoms with van der Waals surface area (Å²) < 4.78 is 15.6. The van der Waals surface area contributed by atoms with Gasteiger partial charge in [0, 0.05) is 20.3 Å². The third-order valence-electron chi connectivity index (χ3n) is 3.06. The lowest BCUT2D eigenvalue weighted by Gasteiger charge is -2.20. The van der Waals surface area contributed by atoms with E-state index in [2.05, 4.69) is 0 Å². The molecule has 0 aromatic rings. The van der Waals surface area contributed by atoms with Crippen molar-refractivity contribution in [3.05, 3.63) is 0 Å². The summed E-state index contributed by atoms with van der Waals surface area (Å²) in [5.74, 6) is -1.16. The van der Waals surface area contributed by atoms with Crippen LogP contribution < -0.4 is 0 Å². The Morgan fingerprint density at radius 1 is 0.952 bits per heavy atom. The van der Waals surface area contributed by atoms with E-state index in [4.69, 9.17) is 14.2 Å². The van der Waals surface area contributed by atoms with Crippen molar-refractivity contribution in [1.29, 1.82) is 0 Å². The van der Waals surface area contributed by atoms with Crippen LogP contribution in [-0.2, 0) is 28.6 Å². The van der Waals surface area contributed by atoms with Gasteiger partial charge in [-0.25, -0.2) is 0 Å². The average Bonchev–Trinajstić information content (AvgIpc) is 2.54. The minimum absolute atomic E-state index is 0.0199. The van der Waals surface area contributed by atoms with Crippen molar-refractivity contribution in [2.75, 3.05) is 0 Å². The number of carbonyl (C=O) groups is 3. The van der Waals surface area contributed by atoms with Gasteiger partial charge in [-0.05, 0) is 39.5 Å². The molecular formula is C15H24O6. The number of esters is 3. The van der Waals surface area contributed by atoms with Gasteiger partial charge >= 0.3 is 17.9 Å². The molecule has 0 N–H and O–H groups in total. The summed E-state index contributed by atoms with van der Waals surface area (Å²) in [5.41, 5.74) is -0.528. The fourth-order valence-electron chi connectivity index (χ4n) is 2.52. The second kappa shape index (κ2) is 6.91. The molecule has 0 aliphatic heterocycles. The van der Waals surface area contributed by atoms with Gasteiger partial charge in [0.2, 0.25) is 0 Å². The number of hydrogen-bond acceptors (Lipinski definition) is 6. The first-order valence-electron chi connectivity index (χ1n) is 7.13. The Morgan fingerprint density at radius 3 is 1.71 bits per heavy atom. The Bertz CT molecular complexity index is 385. The smallest absolute Gasteiger partial charge is 0.306 e. The van der Waals surface area contributed by atoms with E-state index >= 15 is 0 Å². The van der Waals surface area contributed by atoms with Crippen molar-refractivity contribution < 1.29 is 28.6 Å². The molecule has 3 atom stereocenters. The molecular weight excluding hydrogens is 276 g/mol. The monoisotopic (exact) mass is 300 g/mol. The van der Waals surface area contributed by atoms with Gasteiger partial charge in [0.05, 0.1) is 0 Å². The molecule has 6 nitrogen and oxygen atoms in total. The van der Waals surface area contributed by atoms with Crippen LogP contribution in [-0.4, -0.2) is 35.7 Å². The van der Waals surface area contributed by atoms with Crippen LogP contribution in [0.3, 0.4) is 0 Å². The molecule has 0 aromatic carbocycles. The molecule has 1 aliphatic carbocycles. The first-order chi connectivity index (χ1) is 9.56. The van der Waals surface area contributed by atoms with Gasteiger partial charge in [-0.1, -0.05) is 0 Å². The molecule has 1 fully saturated rings. The molecule has 120 valence electrons. The maximum Gasteiger partial charge on any atom is 0.306 e. The number of ether oxygens (including phenoxy) is 3. The van der Waals surface area contributed by atoms with Crippen LogP contribution in [0, 0.1) is 5.92 Å². The minimum Gasteiger partial charge on any atom is -0.460 e. The molecule has 0 heterocycles. The number of hydrogen-bond donors (Lipinski definition) is 0. The lowest BCUT2D eigenvalue weighted by molar-refractivity contribution is -0.162. The van der Waals surface area contributed by atoms with Crippen LogP contribution in [0.25, 0.3) is 0 Å². The third kappa shape index (κ3) is 6.60. The standard InChI is InChI=1S/C15H24O6/c1-9(16)19-12-6-11(7-13(12)20-10(2)17)8-14(18)21-15(3,4)5/h11-13H,6-8H2,1-5H3/t11?,12-,13+. The molecule has 1 unspecified atom stereocenters. The Hall–Kier alpha value is -1.59. The molecule has 1 aliphatic rings. The van der Waals surface area contributed by atoms with Crippen molar-refractivity contribution in [3.8, 4) is 0 Å². The fraction of sp³-hybridized carbons (Fsp3) is 0.800. The Labute approximate surface area is 125 Å². The summed E-state index contributed by atoms with van der Waals surface area (Å²) in [6.07, 6.45) is 0.248. The first-order valence-corrected chi connectivity index (χ1v) is 7.13. The SMILES string of the molecule is CC(=O)O[C@H]1CC(CC(=O)OC(C)(C)C)C[C@H]1OC(C)=O. The highest BCUT2D eigenvalue weighted by Gasteiger charge is 2.40. The van der Waals surface area contributed by atoms with Crippen molar-refractivity contribution >= 4 is 17.9 Å². The average molecular weight is 300 g/mol. The number of rotatable bonds is 4. The van der Waals surface area contributed by atoms with E-state index in [1.165, 1.54) is 13.8 Å². The molecule has 0 amide bonds. The summed E-state index contributed by atoms with van der Waals surface area (Å²) in [7, 11) is 0. The van der Waals surface area contributed by atoms with E-state index in [-0.39, 0.29) is 18.3 Å². The molecule has 0 radical (unpaired) electrons. The Morgan fingerprint density at radius 2 is 1.38 bits per heavy atom. The molecule has 0 saturated heterocycles. The van der Waals surface area contributed by atoms with Crippen LogP contribution in [0.4, 0.5) is 0 Å². The van der Waals surface area contributed by atoms with Crippen LogP contribution in [0.15, 0.2) is 0 Å².